The molecule has 4 amide bonds. The Morgan fingerprint density at radius 1 is 1.15 bits per heavy atom. The van der Waals surface area contributed by atoms with Crippen molar-refractivity contribution in [3.05, 3.63) is 59.6 Å². The molecule has 16 nitrogen and oxygen atoms in total. The van der Waals surface area contributed by atoms with Gasteiger partial charge in [0, 0.05) is 61.0 Å². The fourth-order valence-electron chi connectivity index (χ4n) is 8.51. The normalized spacial score (nSPS) is 25.3. The maximum absolute atomic E-state index is 14.9. The number of carbonyl (C=O) groups excluding carboxylic acids is 4. The number of hydrogen-bond donors (Lipinski definition) is 4. The number of aryl methyl sites for hydroxylation is 1. The highest BCUT2D eigenvalue weighted by Crippen LogP contribution is 2.38. The van der Waals surface area contributed by atoms with E-state index in [1.165, 1.54) is 21.1 Å². The number of thiazole rings is 1. The van der Waals surface area contributed by atoms with Gasteiger partial charge in [-0.2, -0.15) is 0 Å². The maximum atomic E-state index is 14.9. The van der Waals surface area contributed by atoms with Crippen LogP contribution in [0.5, 0.6) is 11.5 Å². The van der Waals surface area contributed by atoms with E-state index >= 15 is 0 Å². The number of piperidine rings is 1. The molecule has 20 heteroatoms. The van der Waals surface area contributed by atoms with E-state index in [0.29, 0.717) is 58.8 Å². The molecule has 0 bridgehead atoms. The number of aliphatic hydroxyl groups excluding tert-OH is 1. The van der Waals surface area contributed by atoms with Crippen molar-refractivity contribution in [3.63, 3.8) is 0 Å². The van der Waals surface area contributed by atoms with Gasteiger partial charge >= 0.3 is 0 Å². The monoisotopic (exact) mass is 941 g/mol. The van der Waals surface area contributed by atoms with E-state index in [9.17, 15) is 41.5 Å². The number of nitrogens with zero attached hydrogens (tertiary/aromatic N) is 4. The zero-order valence-electron chi connectivity index (χ0n) is 37.0. The van der Waals surface area contributed by atoms with Crippen LogP contribution in [-0.2, 0) is 29.2 Å². The van der Waals surface area contributed by atoms with Gasteiger partial charge in [0.2, 0.25) is 27.7 Å². The number of benzene rings is 1. The quantitative estimate of drug-likeness (QED) is 0.180. The van der Waals surface area contributed by atoms with Gasteiger partial charge in [0.25, 0.3) is 11.8 Å². The summed E-state index contributed by atoms with van der Waals surface area (Å²) in [5.74, 6) is -5.18. The first-order valence-corrected chi connectivity index (χ1v) is 24.4. The maximum Gasteiger partial charge on any atom is 0.263 e. The highest BCUT2D eigenvalue weighted by molar-refractivity contribution is 7.91. The summed E-state index contributed by atoms with van der Waals surface area (Å²) in [6.45, 7) is 8.92. The Kier molecular flexibility index (Phi) is 14.3. The minimum atomic E-state index is -4.08. The Morgan fingerprint density at radius 2 is 1.92 bits per heavy atom. The van der Waals surface area contributed by atoms with Gasteiger partial charge in [-0.1, -0.05) is 32.1 Å². The van der Waals surface area contributed by atoms with Crippen molar-refractivity contribution >= 4 is 55.9 Å². The summed E-state index contributed by atoms with van der Waals surface area (Å²) in [4.78, 5) is 69.3. The number of halogens is 2. The molecule has 352 valence electrons. The summed E-state index contributed by atoms with van der Waals surface area (Å²) < 4.78 is 69.6. The fraction of sp³-hybridized carbons (Fsp3) is 0.556. The molecule has 7 rings (SSSR count). The van der Waals surface area contributed by atoms with Crippen LogP contribution in [0.25, 0.3) is 21.6 Å². The number of aliphatic hydroxyl groups is 1. The molecule has 5 atom stereocenters. The van der Waals surface area contributed by atoms with E-state index in [1.807, 2.05) is 26.2 Å². The van der Waals surface area contributed by atoms with Gasteiger partial charge in [-0.25, -0.2) is 27.2 Å². The molecule has 2 aromatic heterocycles. The lowest BCUT2D eigenvalue weighted by atomic mass is 9.93. The van der Waals surface area contributed by atoms with Crippen LogP contribution >= 0.6 is 11.3 Å². The number of ether oxygens (including phenoxy) is 2. The molecule has 5 heterocycles. The topological polar surface area (TPSA) is 209 Å². The van der Waals surface area contributed by atoms with Crippen LogP contribution in [0, 0.1) is 6.92 Å². The Bertz CT molecular complexity index is 2460. The summed E-state index contributed by atoms with van der Waals surface area (Å²) in [6.07, 6.45) is 2.26. The number of methoxy groups -OCH3 is 1. The Morgan fingerprint density at radius 3 is 2.60 bits per heavy atom. The smallest absolute Gasteiger partial charge is 0.263 e. The number of sulfonamides is 1. The number of nitrogens with one attached hydrogen (secondary N) is 3. The van der Waals surface area contributed by atoms with Crippen molar-refractivity contribution in [2.45, 2.75) is 132 Å². The van der Waals surface area contributed by atoms with Gasteiger partial charge in [0.15, 0.2) is 0 Å². The van der Waals surface area contributed by atoms with Crippen LogP contribution in [0.4, 0.5) is 8.78 Å². The Hall–Kier alpha value is -5.05. The van der Waals surface area contributed by atoms with Crippen LogP contribution in [0.15, 0.2) is 48.4 Å². The van der Waals surface area contributed by atoms with E-state index < -0.39 is 87.7 Å². The molecule has 5 unspecified atom stereocenters. The zero-order chi connectivity index (χ0) is 46.8. The molecule has 4 aliphatic rings. The molecule has 3 aliphatic heterocycles. The third-order valence-electron chi connectivity index (χ3n) is 12.4. The van der Waals surface area contributed by atoms with E-state index in [0.717, 1.165) is 17.3 Å². The molecular formula is C45H57F2N7O9S2. The molecule has 1 aliphatic carbocycles. The number of aromatic nitrogens is 2. The van der Waals surface area contributed by atoms with Crippen LogP contribution < -0.4 is 24.8 Å². The second kappa shape index (κ2) is 19.4. The number of fused-ring (bicyclic) bond motifs is 2. The van der Waals surface area contributed by atoms with Gasteiger partial charge in [-0.3, -0.25) is 28.8 Å². The Labute approximate surface area is 381 Å². The molecule has 2 saturated heterocycles. The minimum absolute atomic E-state index is 0.0511. The minimum Gasteiger partial charge on any atom is -0.496 e. The van der Waals surface area contributed by atoms with E-state index in [4.69, 9.17) is 19.4 Å². The van der Waals surface area contributed by atoms with Crippen LogP contribution in [0.2, 0.25) is 0 Å². The lowest BCUT2D eigenvalue weighted by Gasteiger charge is -2.37. The summed E-state index contributed by atoms with van der Waals surface area (Å²) in [7, 11) is -2.52. The first-order chi connectivity index (χ1) is 30.8. The Balaban J connectivity index is 1.27. The fourth-order valence-corrected chi connectivity index (χ4v) is 10.8. The second-order valence-corrected chi connectivity index (χ2v) is 20.5. The molecular weight excluding hydrogens is 885 g/mol. The van der Waals surface area contributed by atoms with Crippen molar-refractivity contribution in [1.29, 1.82) is 0 Å². The SMILES string of the molecule is C=CC1(C(=O)NS(=O)(=O)C2CC2)CC=CCCCC(=O)NC(CC(O)N2CCCC(F)(F)C2)C(=O)N2CC(Oc3cc(-c4nc(C(C)C)cs4)nc4c(C)c(OC)ccc34)CC2C(=O)N1. The summed E-state index contributed by atoms with van der Waals surface area (Å²) in [5, 5.41) is 19.2. The first kappa shape index (κ1) is 47.9. The number of pyridine rings is 1. The number of likely N-dealkylation sites (tertiary alicyclic amines) is 1. The third kappa shape index (κ3) is 10.8. The van der Waals surface area contributed by atoms with E-state index in [2.05, 4.69) is 21.9 Å². The van der Waals surface area contributed by atoms with Crippen molar-refractivity contribution < 1.29 is 51.0 Å². The second-order valence-electron chi connectivity index (χ2n) is 17.7. The van der Waals surface area contributed by atoms with Gasteiger partial charge in [-0.05, 0) is 57.1 Å². The molecule has 3 fully saturated rings. The average Bonchev–Trinajstić information content (AvgIpc) is 3.87. The van der Waals surface area contributed by atoms with Gasteiger partial charge in [0.05, 0.1) is 36.7 Å². The zero-order valence-corrected chi connectivity index (χ0v) is 38.6. The number of alkyl halides is 2. The number of amides is 4. The van der Waals surface area contributed by atoms with Crippen molar-refractivity contribution in [3.8, 4) is 22.2 Å². The number of allylic oxidation sites excluding steroid dienone is 1. The van der Waals surface area contributed by atoms with E-state index in [1.54, 1.807) is 37.5 Å². The van der Waals surface area contributed by atoms with Gasteiger partial charge in [0.1, 0.15) is 52.2 Å². The summed E-state index contributed by atoms with van der Waals surface area (Å²) >= 11 is 1.42. The standard InChI is InChI=1S/C45H57F2N7O9S2/c1-6-44(43(59)52-65(60,61)29-13-14-29)17-10-8-7-9-12-37(55)48-32(22-38(56)53-19-11-18-45(46,47)25-53)42(58)54-23-28(20-34(54)40(57)51-44)63-36-21-31(41-50-33(24-64-41)26(2)3)49-39-27(4)35(62-5)16-15-30(36)39/h6,8,10,15-16,21,24,26,28-29,32,34,38,56H,1,7,9,11-14,17-20,22-23,25H2,2-5H3,(H,48,55)(H,51,57)(H,52,59). The lowest BCUT2D eigenvalue weighted by Crippen LogP contribution is -2.62. The van der Waals surface area contributed by atoms with Gasteiger partial charge < -0.3 is 30.1 Å². The van der Waals surface area contributed by atoms with Crippen LogP contribution in [-0.4, -0.2) is 125 Å². The predicted molar refractivity (Wildman–Crippen MR) is 240 cm³/mol. The van der Waals surface area contributed by atoms with Crippen molar-refractivity contribution in [2.75, 3.05) is 26.7 Å². The molecule has 1 aromatic carbocycles. The van der Waals surface area contributed by atoms with Gasteiger partial charge in [-0.15, -0.1) is 17.9 Å². The molecule has 3 aromatic rings. The summed E-state index contributed by atoms with van der Waals surface area (Å²) in [6, 6.07) is 2.45. The van der Waals surface area contributed by atoms with Crippen molar-refractivity contribution in [1.82, 2.24) is 35.1 Å². The molecule has 0 radical (unpaired) electrons. The highest BCUT2D eigenvalue weighted by atomic mass is 32.2. The lowest BCUT2D eigenvalue weighted by molar-refractivity contribution is -0.146. The van der Waals surface area contributed by atoms with Crippen LogP contribution in [0.1, 0.15) is 95.2 Å². The highest BCUT2D eigenvalue weighted by Gasteiger charge is 2.49. The number of carbonyl (C=O) groups is 4. The molecule has 4 N–H and O–H groups in total. The average molecular weight is 942 g/mol. The first-order valence-electron chi connectivity index (χ1n) is 22.0. The van der Waals surface area contributed by atoms with Crippen molar-refractivity contribution in [2.24, 2.45) is 0 Å². The third-order valence-corrected chi connectivity index (χ3v) is 15.1. The largest absolute Gasteiger partial charge is 0.496 e. The predicted octanol–water partition coefficient (Wildman–Crippen LogP) is 4.85. The molecule has 65 heavy (non-hydrogen) atoms. The number of hydrogen-bond acceptors (Lipinski definition) is 13. The van der Waals surface area contributed by atoms with Crippen LogP contribution in [0.3, 0.4) is 0 Å². The molecule has 1 saturated carbocycles. The number of rotatable bonds is 12. The molecule has 0 spiro atoms. The summed E-state index contributed by atoms with van der Waals surface area (Å²) in [5.41, 5.74) is 0.690. The van der Waals surface area contributed by atoms with E-state index in [-0.39, 0.29) is 51.1 Å².